The van der Waals surface area contributed by atoms with Crippen LogP contribution in [0.25, 0.3) is 0 Å². The lowest BCUT2D eigenvalue weighted by atomic mass is 9.99. The van der Waals surface area contributed by atoms with Gasteiger partial charge in [0.1, 0.15) is 13.6 Å². The van der Waals surface area contributed by atoms with E-state index in [9.17, 15) is 0 Å². The van der Waals surface area contributed by atoms with E-state index in [1.54, 1.807) is 0 Å². The second-order valence-electron chi connectivity index (χ2n) is 9.50. The minimum Gasteiger partial charge on any atom is -0.394 e. The molecule has 0 aliphatic carbocycles. The molecule has 5 heteroatoms. The van der Waals surface area contributed by atoms with Gasteiger partial charge in [-0.2, -0.15) is 0 Å². The Morgan fingerprint density at radius 2 is 0.913 bits per heavy atom. The maximum absolute atomic E-state index is 6.16. The molecule has 0 N–H and O–H groups in total. The maximum Gasteiger partial charge on any atom is 0.195 e. The normalized spacial score (nSPS) is 14.9. The summed E-state index contributed by atoms with van der Waals surface area (Å²) in [6.07, 6.45) is 0. The van der Waals surface area contributed by atoms with Crippen molar-refractivity contribution < 1.29 is 13.6 Å². The van der Waals surface area contributed by atoms with Crippen LogP contribution in [0, 0.1) is 11.8 Å². The monoisotopic (exact) mass is 362 g/mol. The predicted octanol–water partition coefficient (Wildman–Crippen LogP) is 6.23. The number of hydrogen-bond acceptors (Lipinski definition) is 3. The maximum atomic E-state index is 6.16. The molecule has 0 saturated carbocycles. The van der Waals surface area contributed by atoms with E-state index in [1.807, 2.05) is 0 Å². The Hall–Kier alpha value is 0.314. The Bertz CT molecular complexity index is 327. The quantitative estimate of drug-likeness (QED) is 0.262. The van der Waals surface area contributed by atoms with Gasteiger partial charge in [-0.25, -0.2) is 0 Å². The van der Waals surface area contributed by atoms with Gasteiger partial charge >= 0.3 is 0 Å². The molecule has 0 aromatic rings. The highest BCUT2D eigenvalue weighted by atomic mass is 28.4. The third-order valence-corrected chi connectivity index (χ3v) is 16.0. The molecule has 0 aliphatic heterocycles. The van der Waals surface area contributed by atoms with Crippen LogP contribution in [-0.4, -0.2) is 30.2 Å². The Morgan fingerprint density at radius 1 is 0.652 bits per heavy atom. The smallest absolute Gasteiger partial charge is 0.195 e. The first kappa shape index (κ1) is 23.3. The van der Waals surface area contributed by atoms with E-state index in [4.69, 9.17) is 13.6 Å². The molecule has 0 unspecified atom stereocenters. The van der Waals surface area contributed by atoms with E-state index in [0.717, 1.165) is 0 Å². The van der Waals surface area contributed by atoms with E-state index in [1.165, 1.54) is 0 Å². The first-order valence-electron chi connectivity index (χ1n) is 8.95. The van der Waals surface area contributed by atoms with Crippen LogP contribution in [0.15, 0.2) is 0 Å². The molecule has 0 rings (SSSR count). The van der Waals surface area contributed by atoms with Crippen molar-refractivity contribution in [3.63, 3.8) is 0 Å². The first-order chi connectivity index (χ1) is 10.1. The zero-order valence-corrected chi connectivity index (χ0v) is 19.8. The van der Waals surface area contributed by atoms with Gasteiger partial charge in [0.2, 0.25) is 0 Å². The molecule has 23 heavy (non-hydrogen) atoms. The first-order valence-corrected chi connectivity index (χ1v) is 14.8. The lowest BCUT2D eigenvalue weighted by Crippen LogP contribution is -2.47. The van der Waals surface area contributed by atoms with Crippen molar-refractivity contribution in [3.8, 4) is 0 Å². The minimum absolute atomic E-state index is 0.213. The lowest BCUT2D eigenvalue weighted by molar-refractivity contribution is -0.0655. The third-order valence-electron chi connectivity index (χ3n) is 7.00. The molecule has 0 heterocycles. The van der Waals surface area contributed by atoms with Crippen LogP contribution in [0.2, 0.25) is 36.3 Å². The lowest BCUT2D eigenvalue weighted by Gasteiger charge is -2.43. The Kier molecular flexibility index (Phi) is 8.24. The predicted molar refractivity (Wildman–Crippen MR) is 106 cm³/mol. The standard InChI is InChI=1S/C18H42O3Si2/c1-15(2)17(5,6)22(9,10)20-13-19-14-21-23(11,12)18(7,8)16(3)4/h15-16H,13-14H2,1-12H3. The Labute approximate surface area is 147 Å². The largest absolute Gasteiger partial charge is 0.394 e. The topological polar surface area (TPSA) is 27.7 Å². The van der Waals surface area contributed by atoms with Crippen LogP contribution in [0.4, 0.5) is 0 Å². The molecule has 3 nitrogen and oxygen atoms in total. The van der Waals surface area contributed by atoms with E-state index < -0.39 is 16.6 Å². The van der Waals surface area contributed by atoms with Gasteiger partial charge in [-0.15, -0.1) is 0 Å². The summed E-state index contributed by atoms with van der Waals surface area (Å²) in [7, 11) is -3.63. The highest BCUT2D eigenvalue weighted by Gasteiger charge is 2.44. The SMILES string of the molecule is CC(C)C(C)(C)[Si](C)(C)OCOCO[Si](C)(C)C(C)(C)C(C)C. The van der Waals surface area contributed by atoms with Crippen LogP contribution in [-0.2, 0) is 13.6 Å². The molecule has 0 saturated heterocycles. The number of ether oxygens (including phenoxy) is 1. The summed E-state index contributed by atoms with van der Waals surface area (Å²) >= 11 is 0. The Balaban J connectivity index is 4.39. The van der Waals surface area contributed by atoms with Crippen LogP contribution in [0.1, 0.15) is 55.4 Å². The fraction of sp³-hybridized carbons (Fsp3) is 1.00. The van der Waals surface area contributed by atoms with E-state index in [2.05, 4.69) is 81.6 Å². The van der Waals surface area contributed by atoms with Gasteiger partial charge in [-0.1, -0.05) is 55.4 Å². The highest BCUT2D eigenvalue weighted by molar-refractivity contribution is 6.74. The van der Waals surface area contributed by atoms with Crippen molar-refractivity contribution in [1.29, 1.82) is 0 Å². The Morgan fingerprint density at radius 3 is 1.13 bits per heavy atom. The van der Waals surface area contributed by atoms with Crippen molar-refractivity contribution in [2.24, 2.45) is 11.8 Å². The second-order valence-corrected chi connectivity index (χ2v) is 18.7. The van der Waals surface area contributed by atoms with Crippen molar-refractivity contribution >= 4 is 16.6 Å². The zero-order valence-electron chi connectivity index (χ0n) is 17.8. The second kappa shape index (κ2) is 8.13. The minimum atomic E-state index is -1.81. The van der Waals surface area contributed by atoms with Gasteiger partial charge in [0.25, 0.3) is 0 Å². The van der Waals surface area contributed by atoms with Crippen LogP contribution < -0.4 is 0 Å². The number of rotatable bonds is 10. The van der Waals surface area contributed by atoms with Gasteiger partial charge < -0.3 is 13.6 Å². The van der Waals surface area contributed by atoms with Gasteiger partial charge in [0, 0.05) is 0 Å². The molecule has 0 radical (unpaired) electrons. The van der Waals surface area contributed by atoms with Gasteiger partial charge in [-0.3, -0.25) is 0 Å². The molecule has 0 atom stereocenters. The zero-order chi connectivity index (χ0) is 18.7. The third kappa shape index (κ3) is 5.67. The van der Waals surface area contributed by atoms with Crippen molar-refractivity contribution in [1.82, 2.24) is 0 Å². The van der Waals surface area contributed by atoms with Crippen LogP contribution in [0.3, 0.4) is 0 Å². The summed E-state index contributed by atoms with van der Waals surface area (Å²) in [5.41, 5.74) is 0. The van der Waals surface area contributed by atoms with Crippen molar-refractivity contribution in [2.75, 3.05) is 13.6 Å². The molecule has 0 spiro atoms. The van der Waals surface area contributed by atoms with E-state index >= 15 is 0 Å². The molecule has 0 aromatic heterocycles. The van der Waals surface area contributed by atoms with E-state index in [0.29, 0.717) is 25.4 Å². The van der Waals surface area contributed by atoms with Gasteiger partial charge in [0.15, 0.2) is 16.6 Å². The highest BCUT2D eigenvalue weighted by Crippen LogP contribution is 2.45. The molecule has 0 amide bonds. The average Bonchev–Trinajstić information content (AvgIpc) is 2.36. The summed E-state index contributed by atoms with van der Waals surface area (Å²) in [6.45, 7) is 28.1. The molecule has 0 bridgehead atoms. The summed E-state index contributed by atoms with van der Waals surface area (Å²) in [4.78, 5) is 0. The van der Waals surface area contributed by atoms with E-state index in [-0.39, 0.29) is 10.1 Å². The van der Waals surface area contributed by atoms with Crippen molar-refractivity contribution in [3.05, 3.63) is 0 Å². The molecule has 0 aromatic carbocycles. The summed E-state index contributed by atoms with van der Waals surface area (Å²) in [5.74, 6) is 1.19. The molecule has 140 valence electrons. The molecule has 0 fully saturated rings. The fourth-order valence-electron chi connectivity index (χ4n) is 2.17. The van der Waals surface area contributed by atoms with Gasteiger partial charge in [0.05, 0.1) is 0 Å². The van der Waals surface area contributed by atoms with Gasteiger partial charge in [-0.05, 0) is 48.1 Å². The molecular weight excluding hydrogens is 320 g/mol. The van der Waals surface area contributed by atoms with Crippen LogP contribution in [0.5, 0.6) is 0 Å². The summed E-state index contributed by atoms with van der Waals surface area (Å²) in [6, 6.07) is 0. The average molecular weight is 363 g/mol. The summed E-state index contributed by atoms with van der Waals surface area (Å²) < 4.78 is 18.0. The van der Waals surface area contributed by atoms with Crippen LogP contribution >= 0.6 is 0 Å². The molecule has 0 aliphatic rings. The summed E-state index contributed by atoms with van der Waals surface area (Å²) in [5, 5.41) is 0.426. The van der Waals surface area contributed by atoms with Crippen molar-refractivity contribution in [2.45, 2.75) is 91.7 Å². The molecular formula is C18H42O3Si2. The number of hydrogen-bond donors (Lipinski definition) is 0. The fourth-order valence-corrected chi connectivity index (χ4v) is 6.46.